The average Bonchev–Trinajstić information content (AvgIpc) is 3.32. The molecule has 3 aromatic rings. The molecule has 3 amide bonds. The van der Waals surface area contributed by atoms with E-state index in [1.165, 1.54) is 11.3 Å². The maximum Gasteiger partial charge on any atom is 0.312 e. The molecule has 2 heterocycles. The lowest BCUT2D eigenvalue weighted by Gasteiger charge is -2.16. The molecule has 8 nitrogen and oxygen atoms in total. The van der Waals surface area contributed by atoms with Crippen molar-refractivity contribution in [3.63, 3.8) is 0 Å². The molecular weight excluding hydrogens is 378 g/mol. The molecule has 1 unspecified atom stereocenters. The Kier molecular flexibility index (Phi) is 5.85. The van der Waals surface area contributed by atoms with Gasteiger partial charge in [0.15, 0.2) is 5.82 Å². The van der Waals surface area contributed by atoms with Crippen LogP contribution in [-0.2, 0) is 11.8 Å². The number of rotatable bonds is 7. The number of nitrogens with zero attached hydrogens (tertiary/aromatic N) is 2. The van der Waals surface area contributed by atoms with Crippen LogP contribution >= 0.6 is 11.3 Å². The lowest BCUT2D eigenvalue weighted by atomic mass is 10.1. The zero-order valence-electron chi connectivity index (χ0n) is 15.1. The Morgan fingerprint density at radius 3 is 2.54 bits per heavy atom. The topological polar surface area (TPSA) is 119 Å². The average molecular weight is 397 g/mol. The Hall–Kier alpha value is -3.46. The van der Waals surface area contributed by atoms with E-state index in [1.807, 2.05) is 17.5 Å². The number of benzene rings is 1. The number of nitrogens with one attached hydrogen (secondary N) is 2. The van der Waals surface area contributed by atoms with Gasteiger partial charge in [0.1, 0.15) is 0 Å². The lowest BCUT2D eigenvalue weighted by Crippen LogP contribution is -2.34. The molecule has 0 aliphatic carbocycles. The zero-order chi connectivity index (χ0) is 20.1. The summed E-state index contributed by atoms with van der Waals surface area (Å²) in [6.07, 6.45) is 3.30. The largest absolute Gasteiger partial charge is 0.352 e. The van der Waals surface area contributed by atoms with Crippen molar-refractivity contribution in [2.75, 3.05) is 5.32 Å². The summed E-state index contributed by atoms with van der Waals surface area (Å²) >= 11 is 1.43. The van der Waals surface area contributed by atoms with Crippen LogP contribution in [0.2, 0.25) is 0 Å². The molecule has 3 rings (SSSR count). The summed E-state index contributed by atoms with van der Waals surface area (Å²) in [6, 6.07) is 9.04. The lowest BCUT2D eigenvalue weighted by molar-refractivity contribution is -0.116. The highest BCUT2D eigenvalue weighted by molar-refractivity contribution is 7.10. The standard InChI is InChI=1S/C19H19N5O3S/c1-24-9-8-21-18(24)17(26)12-4-6-13(7-5-12)22-16(25)11-14(23-19(20)27)15-3-2-10-28-15/h2-10,14H,11H2,1H3,(H,22,25)(H3,20,23,27). The van der Waals surface area contributed by atoms with Gasteiger partial charge in [0.25, 0.3) is 0 Å². The molecule has 0 saturated heterocycles. The SMILES string of the molecule is Cn1ccnc1C(=O)c1ccc(NC(=O)CC(NC(N)=O)c2cccs2)cc1. The number of primary amides is 1. The van der Waals surface area contributed by atoms with Gasteiger partial charge in [0.2, 0.25) is 11.7 Å². The Morgan fingerprint density at radius 2 is 1.96 bits per heavy atom. The summed E-state index contributed by atoms with van der Waals surface area (Å²) in [7, 11) is 1.75. The van der Waals surface area contributed by atoms with Crippen LogP contribution in [0.1, 0.15) is 33.5 Å². The molecule has 1 aromatic carbocycles. The predicted octanol–water partition coefficient (Wildman–Crippen LogP) is 2.45. The highest BCUT2D eigenvalue weighted by atomic mass is 32.1. The van der Waals surface area contributed by atoms with Crippen molar-refractivity contribution < 1.29 is 14.4 Å². The first kappa shape index (κ1) is 19.3. The third kappa shape index (κ3) is 4.63. The van der Waals surface area contributed by atoms with Gasteiger partial charge in [-0.2, -0.15) is 0 Å². The van der Waals surface area contributed by atoms with Crippen LogP contribution in [-0.4, -0.2) is 27.3 Å². The van der Waals surface area contributed by atoms with Crippen LogP contribution in [0, 0.1) is 0 Å². The van der Waals surface area contributed by atoms with Crippen molar-refractivity contribution in [3.05, 3.63) is 70.4 Å². The van der Waals surface area contributed by atoms with Gasteiger partial charge in [-0.25, -0.2) is 9.78 Å². The van der Waals surface area contributed by atoms with Crippen LogP contribution in [0.4, 0.5) is 10.5 Å². The molecule has 0 aliphatic rings. The summed E-state index contributed by atoms with van der Waals surface area (Å²) in [5, 5.41) is 7.20. The minimum Gasteiger partial charge on any atom is -0.352 e. The zero-order valence-corrected chi connectivity index (χ0v) is 15.9. The minimum atomic E-state index is -0.691. The van der Waals surface area contributed by atoms with E-state index in [0.717, 1.165) is 4.88 Å². The quantitative estimate of drug-likeness (QED) is 0.531. The highest BCUT2D eigenvalue weighted by Gasteiger charge is 2.19. The van der Waals surface area contributed by atoms with E-state index in [4.69, 9.17) is 5.73 Å². The number of urea groups is 1. The monoisotopic (exact) mass is 397 g/mol. The molecule has 4 N–H and O–H groups in total. The number of carbonyl (C=O) groups is 3. The van der Waals surface area contributed by atoms with E-state index in [9.17, 15) is 14.4 Å². The maximum absolute atomic E-state index is 12.4. The third-order valence-electron chi connectivity index (χ3n) is 4.05. The fraction of sp³-hybridized carbons (Fsp3) is 0.158. The van der Waals surface area contributed by atoms with Crippen LogP contribution < -0.4 is 16.4 Å². The van der Waals surface area contributed by atoms with Gasteiger partial charge >= 0.3 is 6.03 Å². The Bertz CT molecular complexity index is 979. The van der Waals surface area contributed by atoms with Gasteiger partial charge in [0, 0.05) is 35.6 Å². The van der Waals surface area contributed by atoms with E-state index in [-0.39, 0.29) is 18.1 Å². The minimum absolute atomic E-state index is 0.0391. The van der Waals surface area contributed by atoms with Crippen LogP contribution in [0.15, 0.2) is 54.2 Å². The number of ketones is 1. The summed E-state index contributed by atoms with van der Waals surface area (Å²) in [4.78, 5) is 40.9. The van der Waals surface area contributed by atoms with Gasteiger partial charge in [-0.15, -0.1) is 11.3 Å². The molecular formula is C19H19N5O3S. The summed E-state index contributed by atoms with van der Waals surface area (Å²) in [5.74, 6) is -0.141. The molecule has 0 radical (unpaired) electrons. The van der Waals surface area contributed by atoms with Gasteiger partial charge in [-0.05, 0) is 35.7 Å². The number of aromatic nitrogens is 2. The second-order valence-corrected chi connectivity index (χ2v) is 7.08. The molecule has 2 aromatic heterocycles. The second kappa shape index (κ2) is 8.49. The van der Waals surface area contributed by atoms with E-state index in [2.05, 4.69) is 15.6 Å². The van der Waals surface area contributed by atoms with E-state index < -0.39 is 12.1 Å². The van der Waals surface area contributed by atoms with Gasteiger partial charge in [-0.3, -0.25) is 9.59 Å². The van der Waals surface area contributed by atoms with Gasteiger partial charge < -0.3 is 20.9 Å². The number of nitrogens with two attached hydrogens (primary N) is 1. The van der Waals surface area contributed by atoms with Crippen LogP contribution in [0.5, 0.6) is 0 Å². The predicted molar refractivity (Wildman–Crippen MR) is 106 cm³/mol. The molecule has 0 bridgehead atoms. The molecule has 0 saturated carbocycles. The number of hydrogen-bond acceptors (Lipinski definition) is 5. The first-order valence-electron chi connectivity index (χ1n) is 8.45. The van der Waals surface area contributed by atoms with Crippen molar-refractivity contribution in [1.82, 2.24) is 14.9 Å². The fourth-order valence-electron chi connectivity index (χ4n) is 2.70. The smallest absolute Gasteiger partial charge is 0.312 e. The number of amides is 3. The Labute approximate surface area is 165 Å². The van der Waals surface area contributed by atoms with Crippen LogP contribution in [0.3, 0.4) is 0 Å². The summed E-state index contributed by atoms with van der Waals surface area (Å²) < 4.78 is 1.65. The Balaban J connectivity index is 1.64. The molecule has 0 fully saturated rings. The number of aryl methyl sites for hydroxylation is 1. The molecule has 28 heavy (non-hydrogen) atoms. The first-order chi connectivity index (χ1) is 13.4. The Morgan fingerprint density at radius 1 is 1.21 bits per heavy atom. The molecule has 9 heteroatoms. The fourth-order valence-corrected chi connectivity index (χ4v) is 3.48. The van der Waals surface area contributed by atoms with Crippen LogP contribution in [0.25, 0.3) is 0 Å². The van der Waals surface area contributed by atoms with Crippen molar-refractivity contribution in [3.8, 4) is 0 Å². The molecule has 1 atom stereocenters. The van der Waals surface area contributed by atoms with Crippen molar-refractivity contribution in [1.29, 1.82) is 0 Å². The summed E-state index contributed by atoms with van der Waals surface area (Å²) in [5.41, 5.74) is 6.23. The molecule has 0 spiro atoms. The number of thiophene rings is 1. The maximum atomic E-state index is 12.4. The number of carbonyl (C=O) groups excluding carboxylic acids is 3. The number of hydrogen-bond donors (Lipinski definition) is 3. The number of imidazole rings is 1. The van der Waals surface area contributed by atoms with Gasteiger partial charge in [-0.1, -0.05) is 6.07 Å². The normalized spacial score (nSPS) is 11.6. The van der Waals surface area contributed by atoms with E-state index in [0.29, 0.717) is 17.1 Å². The van der Waals surface area contributed by atoms with E-state index in [1.54, 1.807) is 48.3 Å². The molecule has 144 valence electrons. The van der Waals surface area contributed by atoms with Gasteiger partial charge in [0.05, 0.1) is 12.5 Å². The molecule has 0 aliphatic heterocycles. The first-order valence-corrected chi connectivity index (χ1v) is 9.33. The third-order valence-corrected chi connectivity index (χ3v) is 5.03. The highest BCUT2D eigenvalue weighted by Crippen LogP contribution is 2.23. The van der Waals surface area contributed by atoms with Crippen molar-refractivity contribution >= 4 is 34.7 Å². The van der Waals surface area contributed by atoms with Crippen molar-refractivity contribution in [2.24, 2.45) is 12.8 Å². The number of anilines is 1. The van der Waals surface area contributed by atoms with E-state index >= 15 is 0 Å². The second-order valence-electron chi connectivity index (χ2n) is 6.10. The van der Waals surface area contributed by atoms with Crippen molar-refractivity contribution in [2.45, 2.75) is 12.5 Å². The summed E-state index contributed by atoms with van der Waals surface area (Å²) in [6.45, 7) is 0.